The van der Waals surface area contributed by atoms with Gasteiger partial charge >= 0.3 is 5.69 Å². The van der Waals surface area contributed by atoms with Gasteiger partial charge in [-0.3, -0.25) is 4.57 Å². The highest BCUT2D eigenvalue weighted by atomic mass is 16.5. The first-order chi connectivity index (χ1) is 15.7. The molecule has 1 saturated heterocycles. The Labute approximate surface area is 193 Å². The molecule has 1 aliphatic rings. The summed E-state index contributed by atoms with van der Waals surface area (Å²) in [7, 11) is 1.63. The Morgan fingerprint density at radius 1 is 1.24 bits per heavy atom. The Balaban J connectivity index is 1.55. The van der Waals surface area contributed by atoms with Crippen molar-refractivity contribution in [2.45, 2.75) is 46.6 Å². The van der Waals surface area contributed by atoms with Gasteiger partial charge in [-0.15, -0.1) is 0 Å². The molecule has 5 rings (SSSR count). The second-order valence-corrected chi connectivity index (χ2v) is 10.4. The molecule has 8 nitrogen and oxygen atoms in total. The highest BCUT2D eigenvalue weighted by molar-refractivity contribution is 5.85. The SMILES string of the molecule is COc1cc(-c2cc3[nH]c(=O)n(C4CCCN(CC(C)(C)C)C4)c3cc2C)cn2ncnc12. The average Bonchev–Trinajstić information content (AvgIpc) is 3.34. The van der Waals surface area contributed by atoms with Crippen LogP contribution < -0.4 is 10.4 Å². The summed E-state index contributed by atoms with van der Waals surface area (Å²) in [6.07, 6.45) is 5.59. The minimum atomic E-state index is -0.0338. The van der Waals surface area contributed by atoms with Gasteiger partial charge in [0.2, 0.25) is 0 Å². The van der Waals surface area contributed by atoms with Crippen molar-refractivity contribution >= 4 is 16.7 Å². The number of nitrogens with zero attached hydrogens (tertiary/aromatic N) is 5. The van der Waals surface area contributed by atoms with E-state index < -0.39 is 0 Å². The monoisotopic (exact) mass is 448 g/mol. The van der Waals surface area contributed by atoms with Crippen LogP contribution in [0.2, 0.25) is 0 Å². The van der Waals surface area contributed by atoms with Crippen molar-refractivity contribution in [3.05, 3.63) is 46.8 Å². The predicted molar refractivity (Wildman–Crippen MR) is 130 cm³/mol. The van der Waals surface area contributed by atoms with Crippen LogP contribution in [0.5, 0.6) is 5.75 Å². The van der Waals surface area contributed by atoms with Crippen LogP contribution in [0.15, 0.2) is 35.5 Å². The lowest BCUT2D eigenvalue weighted by Crippen LogP contribution is -2.42. The molecule has 0 radical (unpaired) electrons. The smallest absolute Gasteiger partial charge is 0.326 e. The summed E-state index contributed by atoms with van der Waals surface area (Å²) >= 11 is 0. The Kier molecular flexibility index (Phi) is 5.28. The van der Waals surface area contributed by atoms with Gasteiger partial charge in [0.25, 0.3) is 0 Å². The number of ether oxygens (including phenoxy) is 1. The van der Waals surface area contributed by atoms with E-state index in [9.17, 15) is 4.79 Å². The third-order valence-corrected chi connectivity index (χ3v) is 6.48. The number of methoxy groups -OCH3 is 1. The fraction of sp³-hybridized carbons (Fsp3) is 0.480. The number of fused-ring (bicyclic) bond motifs is 2. The number of hydrogen-bond donors (Lipinski definition) is 1. The van der Waals surface area contributed by atoms with Crippen molar-refractivity contribution < 1.29 is 4.74 Å². The molecule has 8 heteroatoms. The first kappa shape index (κ1) is 21.7. The first-order valence-electron chi connectivity index (χ1n) is 11.6. The molecule has 1 aromatic carbocycles. The lowest BCUT2D eigenvalue weighted by atomic mass is 9.94. The molecule has 1 fully saturated rings. The number of likely N-dealkylation sites (tertiary alicyclic amines) is 1. The van der Waals surface area contributed by atoms with E-state index in [1.165, 1.54) is 6.33 Å². The van der Waals surface area contributed by atoms with Crippen LogP contribution in [0.4, 0.5) is 0 Å². The van der Waals surface area contributed by atoms with E-state index in [0.29, 0.717) is 11.4 Å². The van der Waals surface area contributed by atoms with E-state index in [1.54, 1.807) is 11.6 Å². The lowest BCUT2D eigenvalue weighted by Gasteiger charge is -2.37. The molecule has 1 atom stereocenters. The molecule has 174 valence electrons. The van der Waals surface area contributed by atoms with Crippen LogP contribution in [-0.2, 0) is 0 Å². The highest BCUT2D eigenvalue weighted by Crippen LogP contribution is 2.33. The molecule has 0 bridgehead atoms. The fourth-order valence-corrected chi connectivity index (χ4v) is 5.20. The summed E-state index contributed by atoms with van der Waals surface area (Å²) in [5, 5.41) is 4.28. The van der Waals surface area contributed by atoms with Crippen LogP contribution in [-0.4, -0.2) is 55.8 Å². The summed E-state index contributed by atoms with van der Waals surface area (Å²) in [5.74, 6) is 0.664. The number of H-pyrrole nitrogens is 1. The number of hydrogen-bond acceptors (Lipinski definition) is 5. The summed E-state index contributed by atoms with van der Waals surface area (Å²) in [6.45, 7) is 11.9. The Morgan fingerprint density at radius 2 is 2.06 bits per heavy atom. The van der Waals surface area contributed by atoms with E-state index in [0.717, 1.165) is 60.2 Å². The van der Waals surface area contributed by atoms with E-state index in [-0.39, 0.29) is 17.1 Å². The summed E-state index contributed by atoms with van der Waals surface area (Å²) in [6, 6.07) is 6.34. The zero-order chi connectivity index (χ0) is 23.3. The van der Waals surface area contributed by atoms with Crippen molar-refractivity contribution in [1.82, 2.24) is 29.0 Å². The maximum absolute atomic E-state index is 13.1. The van der Waals surface area contributed by atoms with Crippen LogP contribution >= 0.6 is 0 Å². The van der Waals surface area contributed by atoms with Crippen molar-refractivity contribution in [2.24, 2.45) is 5.41 Å². The maximum atomic E-state index is 13.1. The van der Waals surface area contributed by atoms with Gasteiger partial charge < -0.3 is 14.6 Å². The third-order valence-electron chi connectivity index (χ3n) is 6.48. The van der Waals surface area contributed by atoms with Crippen molar-refractivity contribution in [1.29, 1.82) is 0 Å². The van der Waals surface area contributed by atoms with Crippen molar-refractivity contribution in [3.63, 3.8) is 0 Å². The van der Waals surface area contributed by atoms with Gasteiger partial charge in [-0.2, -0.15) is 5.10 Å². The van der Waals surface area contributed by atoms with Crippen molar-refractivity contribution in [2.75, 3.05) is 26.7 Å². The molecular formula is C25H32N6O2. The molecular weight excluding hydrogens is 416 g/mol. The van der Waals surface area contributed by atoms with E-state index >= 15 is 0 Å². The van der Waals surface area contributed by atoms with Gasteiger partial charge in [0.1, 0.15) is 6.33 Å². The number of piperidine rings is 1. The zero-order valence-electron chi connectivity index (χ0n) is 20.1. The molecule has 3 aromatic heterocycles. The largest absolute Gasteiger partial charge is 0.493 e. The van der Waals surface area contributed by atoms with Crippen LogP contribution in [0.1, 0.15) is 45.2 Å². The number of aromatic nitrogens is 5. The molecule has 0 spiro atoms. The summed E-state index contributed by atoms with van der Waals surface area (Å²) in [4.78, 5) is 22.9. The molecule has 4 heterocycles. The first-order valence-corrected chi connectivity index (χ1v) is 11.6. The van der Waals surface area contributed by atoms with Crippen molar-refractivity contribution in [3.8, 4) is 16.9 Å². The zero-order valence-corrected chi connectivity index (χ0v) is 20.1. The van der Waals surface area contributed by atoms with E-state index in [4.69, 9.17) is 4.74 Å². The number of imidazole rings is 1. The maximum Gasteiger partial charge on any atom is 0.326 e. The van der Waals surface area contributed by atoms with Gasteiger partial charge in [-0.1, -0.05) is 20.8 Å². The normalized spacial score (nSPS) is 17.8. The van der Waals surface area contributed by atoms with Crippen LogP contribution in [0, 0.1) is 12.3 Å². The highest BCUT2D eigenvalue weighted by Gasteiger charge is 2.27. The molecule has 4 aromatic rings. The number of aromatic amines is 1. The standard InChI is InChI=1S/C25H32N6O2/c1-16-9-21-20(11-19(16)17-10-22(33-5)23-26-15-27-30(23)12-17)28-24(32)31(21)18-7-6-8-29(13-18)14-25(2,3)4/h9-12,15,18H,6-8,13-14H2,1-5H3,(H,28,32). The minimum absolute atomic E-state index is 0.0338. The number of pyridine rings is 1. The van der Waals surface area contributed by atoms with Gasteiger partial charge in [-0.25, -0.2) is 14.3 Å². The number of benzene rings is 1. The Bertz CT molecular complexity index is 1370. The van der Waals surface area contributed by atoms with Gasteiger partial charge in [0.05, 0.1) is 24.2 Å². The molecule has 1 aliphatic heterocycles. The fourth-order valence-electron chi connectivity index (χ4n) is 5.20. The summed E-state index contributed by atoms with van der Waals surface area (Å²) in [5.41, 5.74) is 5.80. The van der Waals surface area contributed by atoms with Crippen LogP contribution in [0.3, 0.4) is 0 Å². The van der Waals surface area contributed by atoms with E-state index in [1.807, 2.05) is 16.8 Å². The Morgan fingerprint density at radius 3 is 2.82 bits per heavy atom. The molecule has 0 aliphatic carbocycles. The second-order valence-electron chi connectivity index (χ2n) is 10.4. The topological polar surface area (TPSA) is 80.5 Å². The molecule has 1 N–H and O–H groups in total. The molecule has 0 saturated carbocycles. The predicted octanol–water partition coefficient (Wildman–Crippen LogP) is 4.04. The number of rotatable bonds is 4. The molecule has 0 amide bonds. The molecule has 33 heavy (non-hydrogen) atoms. The summed E-state index contributed by atoms with van der Waals surface area (Å²) < 4.78 is 9.23. The van der Waals surface area contributed by atoms with Gasteiger partial charge in [0.15, 0.2) is 11.4 Å². The lowest BCUT2D eigenvalue weighted by molar-refractivity contribution is 0.131. The van der Waals surface area contributed by atoms with Crippen LogP contribution in [0.25, 0.3) is 27.8 Å². The number of nitrogens with one attached hydrogen (secondary N) is 1. The third kappa shape index (κ3) is 4.04. The van der Waals surface area contributed by atoms with E-state index in [2.05, 4.69) is 59.8 Å². The number of aryl methyl sites for hydroxylation is 1. The van der Waals surface area contributed by atoms with Gasteiger partial charge in [0, 0.05) is 24.8 Å². The second kappa shape index (κ2) is 8.02. The average molecular weight is 449 g/mol. The van der Waals surface area contributed by atoms with Gasteiger partial charge in [-0.05, 0) is 61.1 Å². The Hall–Kier alpha value is -3.13. The minimum Gasteiger partial charge on any atom is -0.493 e. The molecule has 1 unspecified atom stereocenters. The quantitative estimate of drug-likeness (QED) is 0.510.